The lowest BCUT2D eigenvalue weighted by atomic mass is 9.90. The topological polar surface area (TPSA) is 154 Å². The molecule has 3 saturated heterocycles. The highest BCUT2D eigenvalue weighted by molar-refractivity contribution is 6.06. The normalized spacial score (nSPS) is 22.5. The second-order valence-corrected chi connectivity index (χ2v) is 12.2. The quantitative estimate of drug-likeness (QED) is 0.281. The summed E-state index contributed by atoms with van der Waals surface area (Å²) in [5, 5.41) is 18.9. The van der Waals surface area contributed by atoms with Crippen LogP contribution >= 0.6 is 0 Å². The molecule has 0 bridgehead atoms. The molecule has 8 rings (SSSR count). The number of aryl methyl sites for hydroxylation is 1. The number of carbonyl (C=O) groups is 1. The Kier molecular flexibility index (Phi) is 6.96. The van der Waals surface area contributed by atoms with Gasteiger partial charge in [0.25, 0.3) is 0 Å². The minimum absolute atomic E-state index is 0.0432. The summed E-state index contributed by atoms with van der Waals surface area (Å²) >= 11 is 0. The number of ether oxygens (including phenoxy) is 3. The summed E-state index contributed by atoms with van der Waals surface area (Å²) in [5.74, 6) is -2.70. The van der Waals surface area contributed by atoms with Crippen LogP contribution in [0.1, 0.15) is 19.2 Å². The van der Waals surface area contributed by atoms with Crippen molar-refractivity contribution in [1.29, 1.82) is 0 Å². The Labute approximate surface area is 270 Å². The third-order valence-electron chi connectivity index (χ3n) is 9.24. The number of carboxylic acid groups (broad SMARTS) is 1. The second kappa shape index (κ2) is 11.0. The van der Waals surface area contributed by atoms with Crippen molar-refractivity contribution >= 4 is 39.5 Å². The Balaban J connectivity index is 1.18. The second-order valence-electron chi connectivity index (χ2n) is 12.2. The van der Waals surface area contributed by atoms with Gasteiger partial charge in [-0.2, -0.15) is 13.2 Å². The maximum absolute atomic E-state index is 14.0. The van der Waals surface area contributed by atoms with Crippen molar-refractivity contribution in [3.63, 3.8) is 0 Å². The van der Waals surface area contributed by atoms with E-state index in [1.807, 2.05) is 13.0 Å². The molecule has 3 aliphatic heterocycles. The molecule has 0 aliphatic carbocycles. The molecular weight excluding hydrogens is 637 g/mol. The minimum atomic E-state index is -4.89. The van der Waals surface area contributed by atoms with Gasteiger partial charge in [0.15, 0.2) is 11.4 Å². The molecule has 48 heavy (non-hydrogen) atoms. The average molecular weight is 667 g/mol. The number of anilines is 2. The van der Waals surface area contributed by atoms with Crippen LogP contribution in [0.2, 0.25) is 0 Å². The molecule has 3 aliphatic rings. The number of hydrogen-bond acceptors (Lipinski definition) is 12. The average Bonchev–Trinajstić information content (AvgIpc) is 3.77. The van der Waals surface area contributed by atoms with Gasteiger partial charge < -0.3 is 33.5 Å². The first-order valence-corrected chi connectivity index (χ1v) is 15.3. The number of aliphatic carboxylic acids is 1. The number of furan rings is 1. The number of carboxylic acids is 1. The fourth-order valence-electron chi connectivity index (χ4n) is 6.67. The number of nitrogens with zero attached hydrogens (tertiary/aromatic N) is 8. The fourth-order valence-corrected chi connectivity index (χ4v) is 6.67. The van der Waals surface area contributed by atoms with Crippen molar-refractivity contribution in [2.45, 2.75) is 43.3 Å². The Hall–Kier alpha value is -5.03. The Morgan fingerprint density at radius 3 is 2.69 bits per heavy atom. The van der Waals surface area contributed by atoms with Gasteiger partial charge in [-0.1, -0.05) is 17.3 Å². The highest BCUT2D eigenvalue weighted by Gasteiger charge is 2.50. The van der Waals surface area contributed by atoms with Crippen LogP contribution in [0.15, 0.2) is 47.1 Å². The molecule has 1 N–H and O–H groups in total. The van der Waals surface area contributed by atoms with Crippen LogP contribution in [0.5, 0.6) is 5.88 Å². The van der Waals surface area contributed by atoms with Crippen molar-refractivity contribution in [3.8, 4) is 17.1 Å². The summed E-state index contributed by atoms with van der Waals surface area (Å²) in [6.07, 6.45) is -2.40. The number of rotatable bonds is 6. The van der Waals surface area contributed by atoms with E-state index in [4.69, 9.17) is 18.6 Å². The van der Waals surface area contributed by atoms with E-state index in [0.717, 1.165) is 0 Å². The van der Waals surface area contributed by atoms with Crippen LogP contribution in [0, 0.1) is 0 Å². The zero-order valence-electron chi connectivity index (χ0n) is 25.7. The van der Waals surface area contributed by atoms with Gasteiger partial charge >= 0.3 is 12.1 Å². The number of fused-ring (bicyclic) bond motifs is 3. The molecule has 14 nitrogen and oxygen atoms in total. The van der Waals surface area contributed by atoms with E-state index in [9.17, 15) is 23.1 Å². The molecule has 0 unspecified atom stereocenters. The van der Waals surface area contributed by atoms with Crippen LogP contribution in [0.25, 0.3) is 33.3 Å². The number of benzene rings is 1. The number of aromatic nitrogens is 6. The minimum Gasteiger partial charge on any atom is -0.480 e. The molecule has 250 valence electrons. The number of pyridine rings is 1. The summed E-state index contributed by atoms with van der Waals surface area (Å²) in [6.45, 7) is 3.75. The fraction of sp³-hybridized carbons (Fsp3) is 0.419. The lowest BCUT2D eigenvalue weighted by Crippen LogP contribution is -2.68. The van der Waals surface area contributed by atoms with Gasteiger partial charge in [-0.3, -0.25) is 4.68 Å². The smallest absolute Gasteiger partial charge is 0.451 e. The molecule has 5 aromatic rings. The molecular formula is C31H29F3N8O6. The molecule has 3 atom stereocenters. The van der Waals surface area contributed by atoms with Crippen LogP contribution in [0.4, 0.5) is 24.7 Å². The Morgan fingerprint density at radius 1 is 1.17 bits per heavy atom. The maximum Gasteiger partial charge on any atom is 0.451 e. The SMILES string of the molecule is C[C@@H]1N(c2cc(-c3cn(C)nn3)cnc2O[C@H]2C[C@@H](C(=O)O)N(c3nc(C(F)(F)F)nc4c3oc3ccccc34)C2)CCOC12COC2. The largest absolute Gasteiger partial charge is 0.480 e. The highest BCUT2D eigenvalue weighted by Crippen LogP contribution is 2.42. The highest BCUT2D eigenvalue weighted by atomic mass is 19.4. The Morgan fingerprint density at radius 2 is 1.98 bits per heavy atom. The monoisotopic (exact) mass is 666 g/mol. The van der Waals surface area contributed by atoms with E-state index in [1.54, 1.807) is 48.4 Å². The van der Waals surface area contributed by atoms with Crippen LogP contribution in [-0.4, -0.2) is 97.7 Å². The molecule has 0 radical (unpaired) electrons. The van der Waals surface area contributed by atoms with E-state index < -0.39 is 35.7 Å². The first kappa shape index (κ1) is 30.3. The van der Waals surface area contributed by atoms with Gasteiger partial charge in [-0.25, -0.2) is 19.7 Å². The van der Waals surface area contributed by atoms with Crippen molar-refractivity contribution in [2.75, 3.05) is 42.7 Å². The first-order chi connectivity index (χ1) is 23.0. The van der Waals surface area contributed by atoms with E-state index in [1.165, 1.54) is 4.90 Å². The van der Waals surface area contributed by atoms with Crippen LogP contribution in [-0.2, 0) is 27.5 Å². The van der Waals surface area contributed by atoms with E-state index >= 15 is 0 Å². The van der Waals surface area contributed by atoms with E-state index in [-0.39, 0.29) is 41.8 Å². The summed E-state index contributed by atoms with van der Waals surface area (Å²) in [7, 11) is 1.76. The molecule has 4 aromatic heterocycles. The van der Waals surface area contributed by atoms with Gasteiger partial charge in [-0.05, 0) is 25.1 Å². The lowest BCUT2D eigenvalue weighted by molar-refractivity contribution is -0.228. The third kappa shape index (κ3) is 4.95. The number of alkyl halides is 3. The summed E-state index contributed by atoms with van der Waals surface area (Å²) in [6, 6.07) is 7.01. The zero-order valence-corrected chi connectivity index (χ0v) is 25.7. The molecule has 1 spiro atoms. The molecule has 0 amide bonds. The van der Waals surface area contributed by atoms with Gasteiger partial charge in [0, 0.05) is 37.2 Å². The predicted molar refractivity (Wildman–Crippen MR) is 163 cm³/mol. The third-order valence-corrected chi connectivity index (χ3v) is 9.24. The lowest BCUT2D eigenvalue weighted by Gasteiger charge is -2.53. The predicted octanol–water partition coefficient (Wildman–Crippen LogP) is 3.69. The number of halogens is 3. The van der Waals surface area contributed by atoms with Crippen LogP contribution < -0.4 is 14.5 Å². The van der Waals surface area contributed by atoms with Gasteiger partial charge in [0.05, 0.1) is 38.6 Å². The number of hydrogen-bond donors (Lipinski definition) is 1. The molecule has 1 aromatic carbocycles. The number of para-hydroxylation sites is 1. The van der Waals surface area contributed by atoms with Crippen molar-refractivity contribution in [2.24, 2.45) is 7.05 Å². The standard InChI is InChI=1S/C31H29F3N8O6/c1-16-30(14-45-15-30)46-8-7-41(16)21-9-17(20-13-40(2)39-38-20)11-35-27(21)47-18-10-22(28(43)44)42(12-18)26-25-24(36-29(37-26)31(32,33)34)19-5-3-4-6-23(19)48-25/h3-6,9,11,13,16,18,22H,7-8,10,12,14-15H2,1-2H3,(H,43,44)/t16-,18-,22-/m0/s1. The summed E-state index contributed by atoms with van der Waals surface area (Å²) in [4.78, 5) is 28.2. The maximum atomic E-state index is 14.0. The molecule has 0 saturated carbocycles. The van der Waals surface area contributed by atoms with Crippen molar-refractivity contribution in [1.82, 2.24) is 29.9 Å². The van der Waals surface area contributed by atoms with Crippen molar-refractivity contribution < 1.29 is 41.7 Å². The molecule has 3 fully saturated rings. The molecule has 7 heterocycles. The number of morpholine rings is 1. The van der Waals surface area contributed by atoms with Gasteiger partial charge in [-0.15, -0.1) is 5.10 Å². The summed E-state index contributed by atoms with van der Waals surface area (Å²) < 4.78 is 67.7. The van der Waals surface area contributed by atoms with Crippen LogP contribution in [0.3, 0.4) is 0 Å². The molecule has 17 heteroatoms. The van der Waals surface area contributed by atoms with Gasteiger partial charge in [0.2, 0.25) is 11.7 Å². The Bertz CT molecular complexity index is 2050. The van der Waals surface area contributed by atoms with E-state index in [2.05, 4.69) is 30.2 Å². The van der Waals surface area contributed by atoms with Gasteiger partial charge in [0.1, 0.15) is 40.2 Å². The van der Waals surface area contributed by atoms with E-state index in [0.29, 0.717) is 54.3 Å². The van der Waals surface area contributed by atoms with Crippen molar-refractivity contribution in [3.05, 3.63) is 48.5 Å². The first-order valence-electron chi connectivity index (χ1n) is 15.3. The summed E-state index contributed by atoms with van der Waals surface area (Å²) in [5.41, 5.74) is 1.61. The zero-order chi connectivity index (χ0) is 33.4.